The minimum absolute atomic E-state index is 0.0347. The highest BCUT2D eigenvalue weighted by molar-refractivity contribution is 8.02. The molecular formula is CHNO3S. The van der Waals surface area contributed by atoms with Crippen LogP contribution < -0.4 is 0 Å². The van der Waals surface area contributed by atoms with Crippen molar-refractivity contribution < 1.29 is 9.35 Å². The quantitative estimate of drug-likeness (QED) is 0.274. The molecule has 0 aliphatic carbocycles. The summed E-state index contributed by atoms with van der Waals surface area (Å²) in [5.74, 6) is 0. The summed E-state index contributed by atoms with van der Waals surface area (Å²) in [6.07, 6.45) is 0. The topological polar surface area (TPSA) is 69.6 Å². The summed E-state index contributed by atoms with van der Waals surface area (Å²) < 4.78 is 11.3. The van der Waals surface area contributed by atoms with Gasteiger partial charge >= 0.3 is 5.62 Å². The zero-order chi connectivity index (χ0) is 4.99. The number of carbonyl (C=O) groups excluding carboxylic acids is 1. The van der Waals surface area contributed by atoms with Crippen molar-refractivity contribution in [3.63, 3.8) is 0 Å². The van der Waals surface area contributed by atoms with Gasteiger partial charge in [0.2, 0.25) is 11.4 Å². The molecule has 0 aromatic rings. The van der Waals surface area contributed by atoms with E-state index in [2.05, 4.69) is 0 Å². The third-order valence-electron chi connectivity index (χ3n) is 0.156. The Kier molecular flexibility index (Phi) is 2.60. The van der Waals surface area contributed by atoms with E-state index in [4.69, 9.17) is 9.70 Å². The van der Waals surface area contributed by atoms with Gasteiger partial charge in [0.15, 0.2) is 4.58 Å². The van der Waals surface area contributed by atoms with Gasteiger partial charge in [0, 0.05) is 0 Å². The van der Waals surface area contributed by atoms with E-state index in [-0.39, 0.29) is 5.62 Å². The van der Waals surface area contributed by atoms with Gasteiger partial charge in [-0.25, -0.2) is 4.79 Å². The molecule has 0 fully saturated rings. The van der Waals surface area contributed by atoms with Gasteiger partial charge in [0.25, 0.3) is 0 Å². The van der Waals surface area contributed by atoms with Gasteiger partial charge in [-0.2, -0.15) is 0 Å². The number of hydrogen-bond acceptors (Lipinski definition) is 4. The molecule has 1 unspecified atom stereocenters. The van der Waals surface area contributed by atoms with Crippen molar-refractivity contribution in [3.8, 4) is 0 Å². The fourth-order valence-corrected chi connectivity index (χ4v) is 0.0527. The van der Waals surface area contributed by atoms with Gasteiger partial charge in [-0.15, -0.1) is 0 Å². The maximum absolute atomic E-state index is 9.44. The minimum Gasteiger partial charge on any atom is -0.581 e. The lowest BCUT2D eigenvalue weighted by Gasteiger charge is -1.78. The van der Waals surface area contributed by atoms with Crippen molar-refractivity contribution >= 4 is 17.0 Å². The Morgan fingerprint density at radius 2 is 2.33 bits per heavy atom. The molecule has 6 heavy (non-hydrogen) atoms. The number of carbonyl (C=O) groups is 1. The van der Waals surface area contributed by atoms with Crippen LogP contribution in [0.25, 0.3) is 0 Å². The second kappa shape index (κ2) is 2.80. The van der Waals surface area contributed by atoms with Crippen molar-refractivity contribution in [2.45, 2.75) is 0 Å². The minimum atomic E-state index is -2.15. The fourth-order valence-electron chi connectivity index (χ4n) is 0.0176. The molecule has 0 bridgehead atoms. The van der Waals surface area contributed by atoms with Gasteiger partial charge in [0.1, 0.15) is 0 Å². The van der Waals surface area contributed by atoms with Crippen molar-refractivity contribution in [2.24, 2.45) is 4.58 Å². The highest BCUT2D eigenvalue weighted by Crippen LogP contribution is 1.79. The molecule has 0 radical (unpaired) electrons. The average molecular weight is 107 g/mol. The summed E-state index contributed by atoms with van der Waals surface area (Å²) >= 11 is -2.15. The summed E-state index contributed by atoms with van der Waals surface area (Å²) in [5.41, 5.74) is -0.0347. The lowest BCUT2D eigenvalue weighted by atomic mass is 11.8. The van der Waals surface area contributed by atoms with Gasteiger partial charge in [0.05, 0.1) is 0 Å². The molecule has 0 aromatic heterocycles. The molecule has 0 saturated heterocycles. The Morgan fingerprint density at radius 1 is 1.83 bits per heavy atom. The highest BCUT2D eigenvalue weighted by atomic mass is 32.2. The van der Waals surface area contributed by atoms with E-state index in [1.54, 1.807) is 0 Å². The molecule has 0 saturated carbocycles. The molecular weight excluding hydrogens is 106 g/mol. The maximum atomic E-state index is 9.44. The fraction of sp³-hybridized carbons (Fsp3) is 0. The largest absolute Gasteiger partial charge is 0.581 e. The summed E-state index contributed by atoms with van der Waals surface area (Å²) in [6, 6.07) is 0. The first kappa shape index (κ1) is 5.58. The standard InChI is InChI=1S/CHNO3S/c3-1-6(5)2-4/h1H. The highest BCUT2D eigenvalue weighted by Gasteiger charge is 1.97. The SMILES string of the molecule is O=C[S+]([O-])N=O. The molecule has 0 aliphatic rings. The van der Waals surface area contributed by atoms with Gasteiger partial charge < -0.3 is 4.55 Å². The van der Waals surface area contributed by atoms with E-state index in [9.17, 15) is 4.55 Å². The Morgan fingerprint density at radius 3 is 2.33 bits per heavy atom. The van der Waals surface area contributed by atoms with Crippen LogP contribution in [-0.2, 0) is 16.2 Å². The summed E-state index contributed by atoms with van der Waals surface area (Å²) in [4.78, 5) is 18.1. The van der Waals surface area contributed by atoms with Gasteiger partial charge in [-0.3, -0.25) is 0 Å². The van der Waals surface area contributed by atoms with E-state index < -0.39 is 11.4 Å². The zero-order valence-electron chi connectivity index (χ0n) is 2.66. The smallest absolute Gasteiger partial charge is 0.349 e. The molecule has 1 atom stereocenters. The molecule has 0 N–H and O–H groups in total. The number of hydrogen-bond donors (Lipinski definition) is 0. The molecule has 0 amide bonds. The van der Waals surface area contributed by atoms with Crippen LogP contribution in [0.5, 0.6) is 0 Å². The lowest BCUT2D eigenvalue weighted by molar-refractivity contribution is 0.556. The monoisotopic (exact) mass is 107 g/mol. The normalized spacial score (nSPS) is 12.8. The summed E-state index contributed by atoms with van der Waals surface area (Å²) in [6.45, 7) is 0. The number of rotatable bonds is 2. The van der Waals surface area contributed by atoms with Crippen LogP contribution >= 0.6 is 0 Å². The predicted octanol–water partition coefficient (Wildman–Crippen LogP) is -0.393. The molecule has 0 aliphatic heterocycles. The van der Waals surface area contributed by atoms with E-state index in [0.29, 0.717) is 0 Å². The van der Waals surface area contributed by atoms with Gasteiger partial charge in [-0.05, 0) is 0 Å². The van der Waals surface area contributed by atoms with Crippen LogP contribution in [0.15, 0.2) is 4.58 Å². The van der Waals surface area contributed by atoms with Crippen LogP contribution in [0.4, 0.5) is 0 Å². The Hall–Kier alpha value is -0.420. The van der Waals surface area contributed by atoms with Crippen molar-refractivity contribution in [3.05, 3.63) is 4.91 Å². The second-order valence-electron chi connectivity index (χ2n) is 0.447. The van der Waals surface area contributed by atoms with Crippen LogP contribution in [0.3, 0.4) is 0 Å². The Labute approximate surface area is 36.8 Å². The maximum Gasteiger partial charge on any atom is 0.349 e. The van der Waals surface area contributed by atoms with Crippen molar-refractivity contribution in [1.29, 1.82) is 0 Å². The molecule has 34 valence electrons. The molecule has 0 aromatic carbocycles. The van der Waals surface area contributed by atoms with Crippen LogP contribution in [0, 0.1) is 4.91 Å². The lowest BCUT2D eigenvalue weighted by Crippen LogP contribution is -1.91. The molecule has 4 nitrogen and oxygen atoms in total. The van der Waals surface area contributed by atoms with Gasteiger partial charge in [-0.1, -0.05) is 4.91 Å². The number of nitrogens with zero attached hydrogens (tertiary/aromatic N) is 1. The second-order valence-corrected chi connectivity index (χ2v) is 1.34. The van der Waals surface area contributed by atoms with Crippen LogP contribution in [0.2, 0.25) is 0 Å². The molecule has 5 heteroatoms. The van der Waals surface area contributed by atoms with Crippen molar-refractivity contribution in [1.82, 2.24) is 0 Å². The van der Waals surface area contributed by atoms with Crippen LogP contribution in [0.1, 0.15) is 0 Å². The third-order valence-corrected chi connectivity index (χ3v) is 0.467. The number of nitroso groups, excluding NO2 is 1. The van der Waals surface area contributed by atoms with E-state index in [1.807, 2.05) is 4.58 Å². The first-order chi connectivity index (χ1) is 2.81. The zero-order valence-corrected chi connectivity index (χ0v) is 3.47. The van der Waals surface area contributed by atoms with E-state index in [1.165, 1.54) is 0 Å². The predicted molar refractivity (Wildman–Crippen MR) is 20.7 cm³/mol. The average Bonchev–Trinajstić information content (AvgIpc) is 1.65. The van der Waals surface area contributed by atoms with E-state index in [0.717, 1.165) is 0 Å². The molecule has 0 spiro atoms. The van der Waals surface area contributed by atoms with E-state index >= 15 is 0 Å². The molecule has 0 heterocycles. The first-order valence-corrected chi connectivity index (χ1v) is 2.17. The Bertz CT molecular complexity index is 55.8. The first-order valence-electron chi connectivity index (χ1n) is 1.00. The van der Waals surface area contributed by atoms with Crippen LogP contribution in [-0.4, -0.2) is 10.2 Å². The Balaban J connectivity index is 3.21. The van der Waals surface area contributed by atoms with Crippen molar-refractivity contribution in [2.75, 3.05) is 0 Å². The summed E-state index contributed by atoms with van der Waals surface area (Å²) in [5, 5.41) is 0. The molecule has 0 rings (SSSR count). The third kappa shape index (κ3) is 1.86. The summed E-state index contributed by atoms with van der Waals surface area (Å²) in [7, 11) is 0.